The minimum absolute atomic E-state index is 0.0388. The second-order valence-electron chi connectivity index (χ2n) is 4.66. The summed E-state index contributed by atoms with van der Waals surface area (Å²) in [5.74, 6) is 0.194. The summed E-state index contributed by atoms with van der Waals surface area (Å²) < 4.78 is 0. The van der Waals surface area contributed by atoms with E-state index in [1.807, 2.05) is 30.3 Å². The lowest BCUT2D eigenvalue weighted by atomic mass is 10.0. The fraction of sp³-hybridized carbons (Fsp3) is 0.286. The van der Waals surface area contributed by atoms with Gasteiger partial charge in [0.25, 0.3) is 5.91 Å². The lowest BCUT2D eigenvalue weighted by Gasteiger charge is -2.37. The molecule has 1 aromatic heterocycles. The first-order valence-corrected chi connectivity index (χ1v) is 7.07. The molecule has 1 aliphatic heterocycles. The van der Waals surface area contributed by atoms with E-state index in [1.54, 1.807) is 10.3 Å². The van der Waals surface area contributed by atoms with Gasteiger partial charge in [-0.1, -0.05) is 30.3 Å². The van der Waals surface area contributed by atoms with E-state index in [9.17, 15) is 4.79 Å². The van der Waals surface area contributed by atoms with E-state index < -0.39 is 0 Å². The molecule has 1 aromatic carbocycles. The van der Waals surface area contributed by atoms with Crippen molar-refractivity contribution in [3.8, 4) is 10.6 Å². The number of aliphatic hydroxyl groups is 1. The van der Waals surface area contributed by atoms with Gasteiger partial charge in [-0.3, -0.25) is 4.79 Å². The van der Waals surface area contributed by atoms with Crippen molar-refractivity contribution >= 4 is 17.2 Å². The smallest absolute Gasteiger partial charge is 0.273 e. The van der Waals surface area contributed by atoms with Crippen molar-refractivity contribution < 1.29 is 9.90 Å². The molecule has 0 radical (unpaired) electrons. The van der Waals surface area contributed by atoms with E-state index in [0.29, 0.717) is 18.8 Å². The number of hydrogen-bond acceptors (Lipinski definition) is 4. The van der Waals surface area contributed by atoms with Gasteiger partial charge in [-0.25, -0.2) is 4.98 Å². The molecule has 1 saturated heterocycles. The number of thiazole rings is 1. The normalized spacial score (nSPS) is 15.3. The maximum atomic E-state index is 12.1. The first-order chi connectivity index (χ1) is 9.28. The molecule has 0 spiro atoms. The highest BCUT2D eigenvalue weighted by Crippen LogP contribution is 2.25. The summed E-state index contributed by atoms with van der Waals surface area (Å²) in [4.78, 5) is 18.2. The molecule has 1 N–H and O–H groups in total. The summed E-state index contributed by atoms with van der Waals surface area (Å²) in [6.07, 6.45) is 0. The molecule has 5 heteroatoms. The number of nitrogens with zero attached hydrogens (tertiary/aromatic N) is 2. The Hall–Kier alpha value is -1.72. The number of benzene rings is 1. The molecule has 0 aliphatic carbocycles. The third-order valence-electron chi connectivity index (χ3n) is 3.25. The lowest BCUT2D eigenvalue weighted by Crippen LogP contribution is -2.51. The van der Waals surface area contributed by atoms with Crippen LogP contribution in [0.5, 0.6) is 0 Å². The Morgan fingerprint density at radius 1 is 1.37 bits per heavy atom. The number of carbonyl (C=O) groups excluding carboxylic acids is 1. The van der Waals surface area contributed by atoms with Crippen LogP contribution in [0.15, 0.2) is 35.7 Å². The van der Waals surface area contributed by atoms with Gasteiger partial charge in [0.15, 0.2) is 0 Å². The first kappa shape index (κ1) is 12.3. The number of likely N-dealkylation sites (tertiary alicyclic amines) is 1. The number of aromatic nitrogens is 1. The van der Waals surface area contributed by atoms with Crippen molar-refractivity contribution in [2.45, 2.75) is 0 Å². The van der Waals surface area contributed by atoms with Gasteiger partial charge in [-0.05, 0) is 0 Å². The molecule has 0 bridgehead atoms. The predicted molar refractivity (Wildman–Crippen MR) is 74.0 cm³/mol. The van der Waals surface area contributed by atoms with Gasteiger partial charge >= 0.3 is 0 Å². The first-order valence-electron chi connectivity index (χ1n) is 6.19. The summed E-state index contributed by atoms with van der Waals surface area (Å²) in [5.41, 5.74) is 1.53. The largest absolute Gasteiger partial charge is 0.396 e. The second-order valence-corrected chi connectivity index (χ2v) is 5.52. The number of carbonyl (C=O) groups is 1. The summed E-state index contributed by atoms with van der Waals surface area (Å²) in [6.45, 7) is 1.41. The van der Waals surface area contributed by atoms with E-state index in [1.165, 1.54) is 11.3 Å². The third kappa shape index (κ3) is 2.39. The highest BCUT2D eigenvalue weighted by molar-refractivity contribution is 7.13. The average molecular weight is 274 g/mol. The van der Waals surface area contributed by atoms with Gasteiger partial charge in [-0.15, -0.1) is 11.3 Å². The van der Waals surface area contributed by atoms with Crippen LogP contribution in [0.25, 0.3) is 10.6 Å². The van der Waals surface area contributed by atoms with Crippen LogP contribution < -0.4 is 0 Å². The van der Waals surface area contributed by atoms with Crippen molar-refractivity contribution in [1.82, 2.24) is 9.88 Å². The Labute approximate surface area is 115 Å². The fourth-order valence-corrected chi connectivity index (χ4v) is 2.90. The molecule has 1 amide bonds. The summed E-state index contributed by atoms with van der Waals surface area (Å²) in [7, 11) is 0. The Balaban J connectivity index is 1.73. The molecular formula is C14H14N2O2S. The zero-order valence-corrected chi connectivity index (χ0v) is 11.1. The molecule has 0 unspecified atom stereocenters. The Kier molecular flexibility index (Phi) is 3.31. The standard InChI is InChI=1S/C14H14N2O2S/c17-8-10-6-16(7-10)14(18)12-9-19-13(15-12)11-4-2-1-3-5-11/h1-5,9-10,17H,6-8H2. The van der Waals surface area contributed by atoms with Gasteiger partial charge in [0.05, 0.1) is 0 Å². The lowest BCUT2D eigenvalue weighted by molar-refractivity contribution is 0.0357. The Morgan fingerprint density at radius 3 is 2.79 bits per heavy atom. The SMILES string of the molecule is O=C(c1csc(-c2ccccc2)n1)N1CC(CO)C1. The monoisotopic (exact) mass is 274 g/mol. The van der Waals surface area contributed by atoms with Crippen LogP contribution >= 0.6 is 11.3 Å². The zero-order chi connectivity index (χ0) is 13.2. The molecule has 3 rings (SSSR count). The number of hydrogen-bond donors (Lipinski definition) is 1. The summed E-state index contributed by atoms with van der Waals surface area (Å²) >= 11 is 1.48. The van der Waals surface area contributed by atoms with Crippen LogP contribution in [0.3, 0.4) is 0 Å². The second kappa shape index (κ2) is 5.11. The molecule has 98 valence electrons. The van der Waals surface area contributed by atoms with E-state index in [0.717, 1.165) is 10.6 Å². The maximum absolute atomic E-state index is 12.1. The summed E-state index contributed by atoms with van der Waals surface area (Å²) in [5, 5.41) is 11.6. The number of rotatable bonds is 3. The van der Waals surface area contributed by atoms with Crippen molar-refractivity contribution in [1.29, 1.82) is 0 Å². The van der Waals surface area contributed by atoms with Gasteiger partial charge in [0, 0.05) is 36.6 Å². The van der Waals surface area contributed by atoms with E-state index in [4.69, 9.17) is 5.11 Å². The topological polar surface area (TPSA) is 53.4 Å². The van der Waals surface area contributed by atoms with Crippen molar-refractivity contribution in [3.05, 3.63) is 41.4 Å². The van der Waals surface area contributed by atoms with Crippen LogP contribution in [0.2, 0.25) is 0 Å². The van der Waals surface area contributed by atoms with Gasteiger partial charge in [0.2, 0.25) is 0 Å². The Morgan fingerprint density at radius 2 is 2.11 bits per heavy atom. The molecule has 0 saturated carbocycles. The molecular weight excluding hydrogens is 260 g/mol. The predicted octanol–water partition coefficient (Wildman–Crippen LogP) is 1.87. The molecule has 2 heterocycles. The number of aliphatic hydroxyl groups excluding tert-OH is 1. The fourth-order valence-electron chi connectivity index (χ4n) is 2.10. The van der Waals surface area contributed by atoms with Gasteiger partial charge in [0.1, 0.15) is 10.7 Å². The molecule has 0 atom stereocenters. The third-order valence-corrected chi connectivity index (χ3v) is 4.14. The van der Waals surface area contributed by atoms with Crippen molar-refractivity contribution in [3.63, 3.8) is 0 Å². The van der Waals surface area contributed by atoms with Crippen LogP contribution in [0, 0.1) is 5.92 Å². The molecule has 1 aliphatic rings. The molecule has 1 fully saturated rings. The number of amides is 1. The minimum Gasteiger partial charge on any atom is -0.396 e. The summed E-state index contributed by atoms with van der Waals surface area (Å²) in [6, 6.07) is 9.84. The maximum Gasteiger partial charge on any atom is 0.273 e. The molecule has 19 heavy (non-hydrogen) atoms. The Bertz CT molecular complexity index is 576. The van der Waals surface area contributed by atoms with E-state index in [2.05, 4.69) is 4.98 Å². The van der Waals surface area contributed by atoms with Crippen molar-refractivity contribution in [2.24, 2.45) is 5.92 Å². The van der Waals surface area contributed by atoms with E-state index in [-0.39, 0.29) is 18.4 Å². The molecule has 2 aromatic rings. The van der Waals surface area contributed by atoms with Crippen LogP contribution in [0.1, 0.15) is 10.5 Å². The van der Waals surface area contributed by atoms with Gasteiger partial charge < -0.3 is 10.0 Å². The van der Waals surface area contributed by atoms with Crippen molar-refractivity contribution in [2.75, 3.05) is 19.7 Å². The minimum atomic E-state index is -0.0388. The zero-order valence-electron chi connectivity index (χ0n) is 10.3. The quantitative estimate of drug-likeness (QED) is 0.929. The van der Waals surface area contributed by atoms with Crippen LogP contribution in [0.4, 0.5) is 0 Å². The van der Waals surface area contributed by atoms with Crippen LogP contribution in [-0.2, 0) is 0 Å². The molecule has 4 nitrogen and oxygen atoms in total. The highest BCUT2D eigenvalue weighted by Gasteiger charge is 2.31. The van der Waals surface area contributed by atoms with Gasteiger partial charge in [-0.2, -0.15) is 0 Å². The van der Waals surface area contributed by atoms with E-state index >= 15 is 0 Å². The average Bonchev–Trinajstić information content (AvgIpc) is 2.88. The van der Waals surface area contributed by atoms with Crippen LogP contribution in [-0.4, -0.2) is 40.6 Å². The highest BCUT2D eigenvalue weighted by atomic mass is 32.1.